The van der Waals surface area contributed by atoms with Crippen molar-refractivity contribution in [1.29, 1.82) is 0 Å². The molecule has 8 heteroatoms. The van der Waals surface area contributed by atoms with Crippen molar-refractivity contribution in [3.63, 3.8) is 0 Å². The van der Waals surface area contributed by atoms with Crippen LogP contribution in [0.2, 0.25) is 0 Å². The molecule has 0 spiro atoms. The van der Waals surface area contributed by atoms with Crippen LogP contribution >= 0.6 is 0 Å². The third kappa shape index (κ3) is 4.84. The number of sulfonamides is 1. The Morgan fingerprint density at radius 2 is 1.57 bits per heavy atom. The van der Waals surface area contributed by atoms with Gasteiger partial charge in [0, 0.05) is 13.1 Å². The summed E-state index contributed by atoms with van der Waals surface area (Å²) in [6.07, 6.45) is 1.01. The first-order chi connectivity index (χ1) is 10.7. The zero-order valence-electron chi connectivity index (χ0n) is 12.8. The monoisotopic (exact) mass is 351 g/mol. The second kappa shape index (κ2) is 7.09. The van der Waals surface area contributed by atoms with Gasteiger partial charge in [-0.25, -0.2) is 8.42 Å². The van der Waals surface area contributed by atoms with E-state index in [2.05, 4.69) is 4.74 Å². The van der Waals surface area contributed by atoms with Crippen molar-refractivity contribution >= 4 is 10.0 Å². The molecule has 0 radical (unpaired) electrons. The highest BCUT2D eigenvalue weighted by Gasteiger charge is 2.32. The number of hydrogen-bond donors (Lipinski definition) is 0. The topological polar surface area (TPSA) is 46.6 Å². The lowest BCUT2D eigenvalue weighted by Gasteiger charge is -2.26. The number of halogens is 3. The summed E-state index contributed by atoms with van der Waals surface area (Å²) in [6.45, 7) is 0. The first-order valence-corrected chi connectivity index (χ1v) is 8.98. The molecule has 0 unspecified atom stereocenters. The quantitative estimate of drug-likeness (QED) is 0.772. The highest BCUT2D eigenvalue weighted by atomic mass is 32.2. The number of alkyl halides is 3. The standard InChI is InChI=1S/C15H20F3NO3S/c1-19(12-6-4-2-3-5-7-12)23(20,21)14-10-8-13(9-11-14)22-15(16,17)18/h8-12H,2-7H2,1H3. The molecule has 1 fully saturated rings. The molecular formula is C15H20F3NO3S. The molecule has 2 rings (SSSR count). The van der Waals surface area contributed by atoms with Gasteiger partial charge in [-0.2, -0.15) is 4.31 Å². The molecule has 0 saturated heterocycles. The van der Waals surface area contributed by atoms with Gasteiger partial charge in [0.2, 0.25) is 10.0 Å². The van der Waals surface area contributed by atoms with E-state index in [0.29, 0.717) is 0 Å². The first kappa shape index (κ1) is 18.1. The fraction of sp³-hybridized carbons (Fsp3) is 0.600. The van der Waals surface area contributed by atoms with Gasteiger partial charge in [-0.05, 0) is 37.1 Å². The fourth-order valence-electron chi connectivity index (χ4n) is 2.80. The van der Waals surface area contributed by atoms with Gasteiger partial charge >= 0.3 is 6.36 Å². The van der Waals surface area contributed by atoms with Crippen molar-refractivity contribution in [2.75, 3.05) is 7.05 Å². The van der Waals surface area contributed by atoms with Crippen LogP contribution in [0.4, 0.5) is 13.2 Å². The average molecular weight is 351 g/mol. The van der Waals surface area contributed by atoms with Gasteiger partial charge in [-0.1, -0.05) is 25.7 Å². The number of nitrogens with zero attached hydrogens (tertiary/aromatic N) is 1. The van der Waals surface area contributed by atoms with Crippen molar-refractivity contribution in [1.82, 2.24) is 4.31 Å². The molecule has 0 aromatic heterocycles. The van der Waals surface area contributed by atoms with Crippen LogP contribution in [0.5, 0.6) is 5.75 Å². The Labute approximate surface area is 134 Å². The molecule has 1 aliphatic rings. The Balaban J connectivity index is 2.15. The maximum absolute atomic E-state index is 12.6. The zero-order chi connectivity index (χ0) is 17.1. The molecule has 1 aromatic carbocycles. The molecule has 0 amide bonds. The SMILES string of the molecule is CN(C1CCCCCC1)S(=O)(=O)c1ccc(OC(F)(F)F)cc1. The van der Waals surface area contributed by atoms with Gasteiger partial charge in [-0.3, -0.25) is 0 Å². The Morgan fingerprint density at radius 3 is 2.04 bits per heavy atom. The number of benzene rings is 1. The van der Waals surface area contributed by atoms with Gasteiger partial charge in [0.05, 0.1) is 4.90 Å². The Morgan fingerprint density at radius 1 is 1.04 bits per heavy atom. The van der Waals surface area contributed by atoms with E-state index < -0.39 is 22.1 Å². The molecule has 23 heavy (non-hydrogen) atoms. The molecule has 1 aromatic rings. The molecular weight excluding hydrogens is 331 g/mol. The van der Waals surface area contributed by atoms with E-state index in [-0.39, 0.29) is 10.9 Å². The van der Waals surface area contributed by atoms with Gasteiger partial charge in [0.25, 0.3) is 0 Å². The van der Waals surface area contributed by atoms with E-state index in [1.165, 1.54) is 11.4 Å². The Bertz CT molecular complexity index is 606. The highest BCUT2D eigenvalue weighted by molar-refractivity contribution is 7.89. The third-order valence-corrected chi connectivity index (χ3v) is 6.00. The predicted octanol–water partition coefficient (Wildman–Crippen LogP) is 3.93. The molecule has 0 heterocycles. The Kier molecular flexibility index (Phi) is 5.57. The van der Waals surface area contributed by atoms with E-state index in [0.717, 1.165) is 62.8 Å². The molecule has 0 atom stereocenters. The predicted molar refractivity (Wildman–Crippen MR) is 79.6 cm³/mol. The summed E-state index contributed by atoms with van der Waals surface area (Å²) in [5.41, 5.74) is 0. The summed E-state index contributed by atoms with van der Waals surface area (Å²) in [5.74, 6) is -0.437. The van der Waals surface area contributed by atoms with E-state index in [1.807, 2.05) is 0 Å². The van der Waals surface area contributed by atoms with Crippen LogP contribution in [0, 0.1) is 0 Å². The lowest BCUT2D eigenvalue weighted by atomic mass is 10.1. The lowest BCUT2D eigenvalue weighted by Crippen LogP contribution is -2.36. The number of rotatable bonds is 4. The third-order valence-electron chi connectivity index (χ3n) is 4.07. The average Bonchev–Trinajstić information content (AvgIpc) is 2.74. The number of hydrogen-bond acceptors (Lipinski definition) is 3. The van der Waals surface area contributed by atoms with Gasteiger partial charge in [0.1, 0.15) is 5.75 Å². The summed E-state index contributed by atoms with van der Waals surface area (Å²) < 4.78 is 66.7. The van der Waals surface area contributed by atoms with Crippen LogP contribution in [0.1, 0.15) is 38.5 Å². The van der Waals surface area contributed by atoms with Crippen LogP contribution < -0.4 is 4.74 Å². The van der Waals surface area contributed by atoms with Crippen LogP contribution in [-0.2, 0) is 10.0 Å². The second-order valence-electron chi connectivity index (χ2n) is 5.69. The molecule has 1 aliphatic carbocycles. The van der Waals surface area contributed by atoms with Crippen molar-refractivity contribution in [3.05, 3.63) is 24.3 Å². The number of ether oxygens (including phenoxy) is 1. The summed E-state index contributed by atoms with van der Waals surface area (Å²) >= 11 is 0. The van der Waals surface area contributed by atoms with E-state index in [4.69, 9.17) is 0 Å². The van der Waals surface area contributed by atoms with Gasteiger partial charge in [0.15, 0.2) is 0 Å². The largest absolute Gasteiger partial charge is 0.573 e. The van der Waals surface area contributed by atoms with Crippen LogP contribution in [0.25, 0.3) is 0 Å². The fourth-order valence-corrected chi connectivity index (χ4v) is 4.21. The summed E-state index contributed by atoms with van der Waals surface area (Å²) in [6, 6.07) is 4.25. The maximum atomic E-state index is 12.6. The molecule has 0 bridgehead atoms. The highest BCUT2D eigenvalue weighted by Crippen LogP contribution is 2.28. The van der Waals surface area contributed by atoms with Crippen molar-refractivity contribution in [2.24, 2.45) is 0 Å². The van der Waals surface area contributed by atoms with Crippen molar-refractivity contribution in [3.8, 4) is 5.75 Å². The minimum atomic E-state index is -4.79. The minimum absolute atomic E-state index is 0.0289. The van der Waals surface area contributed by atoms with Crippen molar-refractivity contribution < 1.29 is 26.3 Å². The molecule has 130 valence electrons. The smallest absolute Gasteiger partial charge is 0.406 e. The lowest BCUT2D eigenvalue weighted by molar-refractivity contribution is -0.274. The van der Waals surface area contributed by atoms with Crippen LogP contribution in [0.15, 0.2) is 29.2 Å². The summed E-state index contributed by atoms with van der Waals surface area (Å²) in [7, 11) is -2.19. The van der Waals surface area contributed by atoms with E-state index in [1.54, 1.807) is 0 Å². The van der Waals surface area contributed by atoms with Gasteiger partial charge < -0.3 is 4.74 Å². The van der Waals surface area contributed by atoms with E-state index in [9.17, 15) is 21.6 Å². The van der Waals surface area contributed by atoms with Crippen molar-refractivity contribution in [2.45, 2.75) is 55.8 Å². The summed E-state index contributed by atoms with van der Waals surface area (Å²) in [5, 5.41) is 0. The van der Waals surface area contributed by atoms with Crippen LogP contribution in [0.3, 0.4) is 0 Å². The van der Waals surface area contributed by atoms with Gasteiger partial charge in [-0.15, -0.1) is 13.2 Å². The molecule has 0 aliphatic heterocycles. The normalized spacial score (nSPS) is 18.0. The zero-order valence-corrected chi connectivity index (χ0v) is 13.7. The minimum Gasteiger partial charge on any atom is -0.406 e. The first-order valence-electron chi connectivity index (χ1n) is 7.54. The molecule has 4 nitrogen and oxygen atoms in total. The Hall–Kier alpha value is -1.28. The summed E-state index contributed by atoms with van der Waals surface area (Å²) in [4.78, 5) is -0.0289. The molecule has 0 N–H and O–H groups in total. The maximum Gasteiger partial charge on any atom is 0.573 e. The second-order valence-corrected chi connectivity index (χ2v) is 7.68. The van der Waals surface area contributed by atoms with Crippen LogP contribution in [-0.4, -0.2) is 32.2 Å². The van der Waals surface area contributed by atoms with E-state index >= 15 is 0 Å². The molecule has 1 saturated carbocycles.